The van der Waals surface area contributed by atoms with E-state index in [0.717, 1.165) is 37.7 Å². The quantitative estimate of drug-likeness (QED) is 0.461. The maximum absolute atomic E-state index is 13.7. The Morgan fingerprint density at radius 3 is 2.43 bits per heavy atom. The Hall–Kier alpha value is -2.91. The predicted molar refractivity (Wildman–Crippen MR) is 144 cm³/mol. The Morgan fingerprint density at radius 2 is 1.73 bits per heavy atom. The summed E-state index contributed by atoms with van der Waals surface area (Å²) in [7, 11) is -3.97. The zero-order chi connectivity index (χ0) is 26.4. The van der Waals surface area contributed by atoms with Gasteiger partial charge in [0, 0.05) is 30.7 Å². The summed E-state index contributed by atoms with van der Waals surface area (Å²) in [4.78, 5) is 27.2. The van der Waals surface area contributed by atoms with Crippen LogP contribution >= 0.6 is 0 Å². The number of carbonyl (C=O) groups is 2. The Kier molecular flexibility index (Phi) is 8.87. The van der Waals surface area contributed by atoms with Crippen LogP contribution < -0.4 is 14.9 Å². The number of sulfonamides is 1. The molecule has 37 heavy (non-hydrogen) atoms. The number of ether oxygens (including phenoxy) is 1. The van der Waals surface area contributed by atoms with Crippen LogP contribution in [0, 0.1) is 11.8 Å². The fourth-order valence-corrected chi connectivity index (χ4v) is 6.74. The normalized spacial score (nSPS) is 19.4. The summed E-state index contributed by atoms with van der Waals surface area (Å²) in [6.07, 6.45) is 5.23. The first-order valence-electron chi connectivity index (χ1n) is 13.2. The van der Waals surface area contributed by atoms with Crippen LogP contribution in [-0.2, 0) is 24.3 Å². The number of anilines is 2. The van der Waals surface area contributed by atoms with Crippen LogP contribution in [0.3, 0.4) is 0 Å². The Labute approximate surface area is 219 Å². The minimum absolute atomic E-state index is 0.0385. The standard InChI is InChI=1S/C28H37N3O5S/c1-3-36-28(33)23-14-9-17-31(19-23)25-16-15-24(29-27(32)22-12-7-8-13-22)18-26(25)37(34,35)30-20(2)21-10-5-4-6-11-21/h4-6,10-11,15-16,18,20,22-23,30H,3,7-9,12-14,17,19H2,1-2H3,(H,29,32)/t20-,23+/m1/s1. The van der Waals surface area contributed by atoms with Gasteiger partial charge in [-0.05, 0) is 63.3 Å². The van der Waals surface area contributed by atoms with E-state index in [1.54, 1.807) is 26.0 Å². The van der Waals surface area contributed by atoms with Crippen LogP contribution in [0.1, 0.15) is 64.0 Å². The summed E-state index contributed by atoms with van der Waals surface area (Å²) in [5.41, 5.74) is 1.81. The van der Waals surface area contributed by atoms with Crippen molar-refractivity contribution in [3.63, 3.8) is 0 Å². The van der Waals surface area contributed by atoms with E-state index in [1.807, 2.05) is 35.2 Å². The molecule has 0 unspecified atom stereocenters. The van der Waals surface area contributed by atoms with Crippen LogP contribution in [0.25, 0.3) is 0 Å². The molecule has 200 valence electrons. The summed E-state index contributed by atoms with van der Waals surface area (Å²) < 4.78 is 35.5. The number of nitrogens with zero attached hydrogens (tertiary/aromatic N) is 1. The molecule has 1 aliphatic heterocycles. The van der Waals surface area contributed by atoms with Gasteiger partial charge in [-0.25, -0.2) is 13.1 Å². The molecule has 4 rings (SSSR count). The zero-order valence-corrected chi connectivity index (χ0v) is 22.4. The van der Waals surface area contributed by atoms with Gasteiger partial charge in [-0.15, -0.1) is 0 Å². The Bertz CT molecular complexity index is 1200. The number of nitrogens with one attached hydrogen (secondary N) is 2. The van der Waals surface area contributed by atoms with Crippen LogP contribution in [0.4, 0.5) is 11.4 Å². The highest BCUT2D eigenvalue weighted by molar-refractivity contribution is 7.89. The van der Waals surface area contributed by atoms with Gasteiger partial charge in [0.2, 0.25) is 15.9 Å². The molecule has 2 fully saturated rings. The van der Waals surface area contributed by atoms with E-state index in [-0.39, 0.29) is 28.6 Å². The van der Waals surface area contributed by atoms with Crippen molar-refractivity contribution in [1.82, 2.24) is 4.72 Å². The van der Waals surface area contributed by atoms with Crippen molar-refractivity contribution >= 4 is 33.3 Å². The van der Waals surface area contributed by atoms with E-state index in [4.69, 9.17) is 4.74 Å². The fraction of sp³-hybridized carbons (Fsp3) is 0.500. The third-order valence-corrected chi connectivity index (χ3v) is 8.83. The minimum atomic E-state index is -3.97. The molecule has 0 radical (unpaired) electrons. The third-order valence-electron chi connectivity index (χ3n) is 7.26. The highest BCUT2D eigenvalue weighted by Gasteiger charge is 2.31. The predicted octanol–water partition coefficient (Wildman–Crippen LogP) is 4.63. The van der Waals surface area contributed by atoms with Crippen LogP contribution in [0.15, 0.2) is 53.4 Å². The molecule has 2 aromatic rings. The van der Waals surface area contributed by atoms with E-state index in [2.05, 4.69) is 10.0 Å². The summed E-state index contributed by atoms with van der Waals surface area (Å²) in [6.45, 7) is 4.90. The van der Waals surface area contributed by atoms with Crippen LogP contribution in [0.5, 0.6) is 0 Å². The number of benzene rings is 2. The van der Waals surface area contributed by atoms with Crippen molar-refractivity contribution in [2.45, 2.75) is 63.3 Å². The number of rotatable bonds is 9. The smallest absolute Gasteiger partial charge is 0.310 e. The van der Waals surface area contributed by atoms with Gasteiger partial charge in [0.25, 0.3) is 0 Å². The fourth-order valence-electron chi connectivity index (χ4n) is 5.26. The zero-order valence-electron chi connectivity index (χ0n) is 21.6. The topological polar surface area (TPSA) is 105 Å². The van der Waals surface area contributed by atoms with Crippen molar-refractivity contribution in [2.24, 2.45) is 11.8 Å². The van der Waals surface area contributed by atoms with Gasteiger partial charge < -0.3 is 15.0 Å². The number of hydrogen-bond donors (Lipinski definition) is 2. The van der Waals surface area contributed by atoms with Crippen LogP contribution in [-0.4, -0.2) is 40.0 Å². The molecular weight excluding hydrogens is 490 g/mol. The van der Waals surface area contributed by atoms with Gasteiger partial charge >= 0.3 is 5.97 Å². The summed E-state index contributed by atoms with van der Waals surface area (Å²) in [5, 5.41) is 2.93. The lowest BCUT2D eigenvalue weighted by Crippen LogP contribution is -2.40. The van der Waals surface area contributed by atoms with Crippen molar-refractivity contribution in [2.75, 3.05) is 29.9 Å². The Morgan fingerprint density at radius 1 is 1.03 bits per heavy atom. The number of esters is 1. The van der Waals surface area contributed by atoms with Gasteiger partial charge in [0.15, 0.2) is 0 Å². The minimum Gasteiger partial charge on any atom is -0.466 e. The number of amides is 1. The van der Waals surface area contributed by atoms with Gasteiger partial charge in [-0.3, -0.25) is 9.59 Å². The monoisotopic (exact) mass is 527 g/mol. The molecule has 2 aromatic carbocycles. The highest BCUT2D eigenvalue weighted by atomic mass is 32.2. The van der Waals surface area contributed by atoms with E-state index < -0.39 is 16.1 Å². The van der Waals surface area contributed by atoms with Crippen molar-refractivity contribution < 1.29 is 22.7 Å². The van der Waals surface area contributed by atoms with Crippen molar-refractivity contribution in [1.29, 1.82) is 0 Å². The van der Waals surface area contributed by atoms with Gasteiger partial charge in [0.1, 0.15) is 4.90 Å². The number of carbonyl (C=O) groups excluding carboxylic acids is 2. The second kappa shape index (κ2) is 12.1. The maximum atomic E-state index is 13.7. The second-order valence-corrected chi connectivity index (χ2v) is 11.6. The molecule has 9 heteroatoms. The van der Waals surface area contributed by atoms with Gasteiger partial charge in [0.05, 0.1) is 18.2 Å². The van der Waals surface area contributed by atoms with E-state index >= 15 is 0 Å². The first kappa shape index (κ1) is 27.1. The van der Waals surface area contributed by atoms with E-state index in [9.17, 15) is 18.0 Å². The largest absolute Gasteiger partial charge is 0.466 e. The average molecular weight is 528 g/mol. The lowest BCUT2D eigenvalue weighted by molar-refractivity contribution is -0.148. The van der Waals surface area contributed by atoms with Crippen molar-refractivity contribution in [3.05, 3.63) is 54.1 Å². The summed E-state index contributed by atoms with van der Waals surface area (Å²) >= 11 is 0. The number of piperidine rings is 1. The third kappa shape index (κ3) is 6.70. The molecule has 2 N–H and O–H groups in total. The molecule has 2 aliphatic rings. The molecule has 1 aliphatic carbocycles. The molecule has 1 saturated heterocycles. The maximum Gasteiger partial charge on any atom is 0.310 e. The SMILES string of the molecule is CCOC(=O)[C@H]1CCCN(c2ccc(NC(=O)C3CCCC3)cc2S(=O)(=O)N[C@H](C)c2ccccc2)C1. The molecule has 2 atom stereocenters. The molecule has 1 saturated carbocycles. The molecule has 0 aromatic heterocycles. The van der Waals surface area contributed by atoms with E-state index in [1.165, 1.54) is 6.07 Å². The highest BCUT2D eigenvalue weighted by Crippen LogP contribution is 2.34. The average Bonchev–Trinajstić information content (AvgIpc) is 3.45. The first-order chi connectivity index (χ1) is 17.8. The molecule has 0 bridgehead atoms. The lowest BCUT2D eigenvalue weighted by Gasteiger charge is -2.34. The van der Waals surface area contributed by atoms with Gasteiger partial charge in [-0.1, -0.05) is 43.2 Å². The van der Waals surface area contributed by atoms with Gasteiger partial charge in [-0.2, -0.15) is 0 Å². The number of hydrogen-bond acceptors (Lipinski definition) is 6. The van der Waals surface area contributed by atoms with Crippen LogP contribution in [0.2, 0.25) is 0 Å². The molecule has 1 amide bonds. The summed E-state index contributed by atoms with van der Waals surface area (Å²) in [6, 6.07) is 13.9. The molecule has 8 nitrogen and oxygen atoms in total. The Balaban J connectivity index is 1.64. The first-order valence-corrected chi connectivity index (χ1v) is 14.7. The van der Waals surface area contributed by atoms with Crippen molar-refractivity contribution in [3.8, 4) is 0 Å². The second-order valence-electron chi connectivity index (χ2n) is 9.94. The molecule has 0 spiro atoms. The summed E-state index contributed by atoms with van der Waals surface area (Å²) in [5.74, 6) is -0.682. The molecule has 1 heterocycles. The lowest BCUT2D eigenvalue weighted by atomic mass is 9.97. The van der Waals surface area contributed by atoms with E-state index in [0.29, 0.717) is 37.5 Å². The molecular formula is C28H37N3O5S.